The maximum Gasteiger partial charge on any atom is 0.127 e. The number of hydrogen-bond acceptors (Lipinski definition) is 4. The Morgan fingerprint density at radius 2 is 2.11 bits per heavy atom. The zero-order valence-corrected chi connectivity index (χ0v) is 16.2. The summed E-state index contributed by atoms with van der Waals surface area (Å²) in [6, 6.07) is 7.83. The van der Waals surface area contributed by atoms with Crippen LogP contribution in [-0.4, -0.2) is 48.0 Å². The topological polar surface area (TPSA) is 45.4 Å². The van der Waals surface area contributed by atoms with Gasteiger partial charge in [0.05, 0.1) is 0 Å². The minimum atomic E-state index is -0.130. The Labute approximate surface area is 159 Å². The molecular weight excluding hydrogens is 339 g/mol. The molecule has 5 heteroatoms. The molecule has 0 amide bonds. The van der Waals surface area contributed by atoms with Gasteiger partial charge in [-0.1, -0.05) is 18.2 Å². The number of likely N-dealkylation sites (N-methyl/N-ethyl adjacent to an activating group) is 1. The lowest BCUT2D eigenvalue weighted by molar-refractivity contribution is 0.297. The highest BCUT2D eigenvalue weighted by atomic mass is 19.1. The van der Waals surface area contributed by atoms with Crippen LogP contribution < -0.4 is 16.2 Å². The second-order valence-corrected chi connectivity index (χ2v) is 7.94. The van der Waals surface area contributed by atoms with E-state index in [1.54, 1.807) is 12.1 Å². The molecule has 1 unspecified atom stereocenters. The van der Waals surface area contributed by atoms with Crippen LogP contribution in [0, 0.1) is 12.7 Å². The van der Waals surface area contributed by atoms with E-state index in [2.05, 4.69) is 35.0 Å². The molecule has 142 valence electrons. The molecule has 0 bridgehead atoms. The quantitative estimate of drug-likeness (QED) is 0.900. The second-order valence-electron chi connectivity index (χ2n) is 7.94. The molecule has 1 saturated heterocycles. The van der Waals surface area contributed by atoms with E-state index in [0.717, 1.165) is 47.5 Å². The van der Waals surface area contributed by atoms with Crippen LogP contribution in [0.2, 0.25) is 0 Å². The van der Waals surface area contributed by atoms with E-state index in [1.165, 1.54) is 5.70 Å². The van der Waals surface area contributed by atoms with Crippen LogP contribution in [0.3, 0.4) is 0 Å². The zero-order valence-electron chi connectivity index (χ0n) is 16.2. The van der Waals surface area contributed by atoms with Gasteiger partial charge < -0.3 is 15.5 Å². The minimum Gasteiger partial charge on any atom is -0.384 e. The highest BCUT2D eigenvalue weighted by Crippen LogP contribution is 2.34. The van der Waals surface area contributed by atoms with Crippen molar-refractivity contribution < 1.29 is 4.39 Å². The summed E-state index contributed by atoms with van der Waals surface area (Å²) in [7, 11) is 4.27. The van der Waals surface area contributed by atoms with Crippen molar-refractivity contribution >= 4 is 17.6 Å². The van der Waals surface area contributed by atoms with Gasteiger partial charge in [-0.3, -0.25) is 0 Å². The number of likely N-dealkylation sites (tertiary alicyclic amines) is 1. The lowest BCUT2D eigenvalue weighted by Crippen LogP contribution is -2.39. The first-order chi connectivity index (χ1) is 12.9. The van der Waals surface area contributed by atoms with Crippen LogP contribution in [-0.2, 0) is 0 Å². The Bertz CT molecular complexity index is 962. The molecule has 1 fully saturated rings. The number of aryl methyl sites for hydroxylation is 1. The normalized spacial score (nSPS) is 22.1. The number of aromatic nitrogens is 1. The Kier molecular flexibility index (Phi) is 4.64. The fraction of sp³-hybridized carbons (Fsp3) is 0.409. The van der Waals surface area contributed by atoms with Gasteiger partial charge in [0.25, 0.3) is 0 Å². The standard InChI is InChI=1S/C22H27FN4/c1-14-5-4-6-19(23)22(14)15-9-16-12-25-21(24)11-18(16)20(10-15)27-8-7-17(13-27)26(2)3/h4-6,9,11-12,15,17H,7-8,10,13,24H2,1-3H3/t15?,17-/m0/s1. The molecule has 2 N–H and O–H groups in total. The predicted molar refractivity (Wildman–Crippen MR) is 108 cm³/mol. The molecule has 1 aromatic heterocycles. The van der Waals surface area contributed by atoms with Gasteiger partial charge in [-0.25, -0.2) is 9.37 Å². The molecule has 1 aliphatic heterocycles. The van der Waals surface area contributed by atoms with Gasteiger partial charge in [0.2, 0.25) is 0 Å². The van der Waals surface area contributed by atoms with E-state index < -0.39 is 0 Å². The minimum absolute atomic E-state index is 0.0116. The third kappa shape index (κ3) is 3.32. The van der Waals surface area contributed by atoms with Crippen LogP contribution in [0.15, 0.2) is 30.5 Å². The third-order valence-corrected chi connectivity index (χ3v) is 5.98. The lowest BCUT2D eigenvalue weighted by atomic mass is 9.86. The van der Waals surface area contributed by atoms with Crippen molar-refractivity contribution in [3.8, 4) is 0 Å². The molecule has 4 nitrogen and oxygen atoms in total. The molecular formula is C22H27FN4. The number of hydrogen-bond donors (Lipinski definition) is 1. The van der Waals surface area contributed by atoms with Crippen LogP contribution in [0.4, 0.5) is 10.2 Å². The number of fused-ring (bicyclic) bond motifs is 1. The smallest absolute Gasteiger partial charge is 0.127 e. The zero-order chi connectivity index (χ0) is 19.1. The van der Waals surface area contributed by atoms with Gasteiger partial charge in [0, 0.05) is 42.2 Å². The molecule has 2 heterocycles. The SMILES string of the molecule is Cc1cccc(F)c1C1C=c2cnc(N)cc2=C(N2CC[C@H](N(C)C)C2)C1. The van der Waals surface area contributed by atoms with E-state index in [-0.39, 0.29) is 11.7 Å². The molecule has 2 aromatic rings. The Morgan fingerprint density at radius 3 is 2.81 bits per heavy atom. The highest BCUT2D eigenvalue weighted by Gasteiger charge is 2.29. The first-order valence-corrected chi connectivity index (χ1v) is 9.57. The van der Waals surface area contributed by atoms with Gasteiger partial charge in [-0.2, -0.15) is 0 Å². The average Bonchev–Trinajstić information content (AvgIpc) is 3.11. The molecule has 4 rings (SSSR count). The monoisotopic (exact) mass is 366 g/mol. The van der Waals surface area contributed by atoms with Gasteiger partial charge in [-0.05, 0) is 62.3 Å². The van der Waals surface area contributed by atoms with Crippen molar-refractivity contribution in [1.29, 1.82) is 0 Å². The summed E-state index contributed by atoms with van der Waals surface area (Å²) in [5.74, 6) is 0.413. The summed E-state index contributed by atoms with van der Waals surface area (Å²) in [4.78, 5) is 9.03. The van der Waals surface area contributed by atoms with Crippen LogP contribution in [0.5, 0.6) is 0 Å². The summed E-state index contributed by atoms with van der Waals surface area (Å²) < 4.78 is 14.7. The summed E-state index contributed by atoms with van der Waals surface area (Å²) >= 11 is 0. The van der Waals surface area contributed by atoms with Crippen LogP contribution in [0.25, 0.3) is 11.8 Å². The number of nitrogen functional groups attached to an aromatic ring is 1. The average molecular weight is 366 g/mol. The summed E-state index contributed by atoms with van der Waals surface area (Å²) in [5, 5.41) is 2.19. The number of pyridine rings is 1. The Morgan fingerprint density at radius 1 is 1.30 bits per heavy atom. The van der Waals surface area contributed by atoms with Crippen molar-refractivity contribution in [1.82, 2.24) is 14.8 Å². The van der Waals surface area contributed by atoms with Gasteiger partial charge in [0.1, 0.15) is 11.6 Å². The molecule has 2 aliphatic rings. The van der Waals surface area contributed by atoms with E-state index in [0.29, 0.717) is 11.9 Å². The number of nitrogens with two attached hydrogens (primary N) is 1. The van der Waals surface area contributed by atoms with Gasteiger partial charge in [0.15, 0.2) is 0 Å². The maximum absolute atomic E-state index is 14.7. The van der Waals surface area contributed by atoms with E-state index in [1.807, 2.05) is 25.3 Å². The first-order valence-electron chi connectivity index (χ1n) is 9.57. The summed E-state index contributed by atoms with van der Waals surface area (Å²) in [6.45, 7) is 4.00. The fourth-order valence-electron chi connectivity index (χ4n) is 4.47. The van der Waals surface area contributed by atoms with Crippen LogP contribution in [0.1, 0.15) is 29.9 Å². The maximum atomic E-state index is 14.7. The molecule has 0 spiro atoms. The summed E-state index contributed by atoms with van der Waals surface area (Å²) in [6.07, 6.45) is 5.90. The second kappa shape index (κ2) is 6.97. The van der Waals surface area contributed by atoms with E-state index in [9.17, 15) is 4.39 Å². The molecule has 0 saturated carbocycles. The van der Waals surface area contributed by atoms with E-state index >= 15 is 0 Å². The number of benzene rings is 1. The number of anilines is 1. The highest BCUT2D eigenvalue weighted by molar-refractivity contribution is 5.58. The van der Waals surface area contributed by atoms with Gasteiger partial charge >= 0.3 is 0 Å². The molecule has 0 radical (unpaired) electrons. The number of rotatable bonds is 3. The van der Waals surface area contributed by atoms with Crippen LogP contribution >= 0.6 is 0 Å². The van der Waals surface area contributed by atoms with Crippen molar-refractivity contribution in [2.45, 2.75) is 31.7 Å². The lowest BCUT2D eigenvalue weighted by Gasteiger charge is -2.29. The third-order valence-electron chi connectivity index (χ3n) is 5.98. The molecule has 1 aromatic carbocycles. The Hall–Kier alpha value is -2.40. The van der Waals surface area contributed by atoms with Crippen molar-refractivity contribution in [3.05, 3.63) is 57.8 Å². The first kappa shape index (κ1) is 18.0. The van der Waals surface area contributed by atoms with Crippen molar-refractivity contribution in [2.75, 3.05) is 32.9 Å². The fourth-order valence-corrected chi connectivity index (χ4v) is 4.47. The number of halogens is 1. The molecule has 1 aliphatic carbocycles. The number of nitrogens with zero attached hydrogens (tertiary/aromatic N) is 3. The largest absolute Gasteiger partial charge is 0.384 e. The Balaban J connectivity index is 1.82. The van der Waals surface area contributed by atoms with Crippen molar-refractivity contribution in [2.24, 2.45) is 0 Å². The van der Waals surface area contributed by atoms with Gasteiger partial charge in [-0.15, -0.1) is 0 Å². The molecule has 27 heavy (non-hydrogen) atoms. The summed E-state index contributed by atoms with van der Waals surface area (Å²) in [5.41, 5.74) is 9.04. The molecule has 2 atom stereocenters. The van der Waals surface area contributed by atoms with E-state index in [4.69, 9.17) is 5.73 Å². The predicted octanol–water partition coefficient (Wildman–Crippen LogP) is 1.82. The van der Waals surface area contributed by atoms with Crippen molar-refractivity contribution in [3.63, 3.8) is 0 Å².